The molecular weight excluding hydrogens is 324 g/mol. The van der Waals surface area contributed by atoms with Gasteiger partial charge >= 0.3 is 0 Å². The monoisotopic (exact) mass is 340 g/mol. The SMILES string of the molecule is O=C(c1ccc2nc[nH]c2c1)N1CCN(C(=O)c2cccs2)CC1. The first-order valence-electron chi connectivity index (χ1n) is 7.77. The number of rotatable bonds is 2. The molecule has 1 saturated heterocycles. The average Bonchev–Trinajstić information content (AvgIpc) is 3.31. The van der Waals surface area contributed by atoms with Gasteiger partial charge in [0, 0.05) is 31.7 Å². The van der Waals surface area contributed by atoms with Gasteiger partial charge in [-0.2, -0.15) is 0 Å². The van der Waals surface area contributed by atoms with Crippen LogP contribution in [0.1, 0.15) is 20.0 Å². The topological polar surface area (TPSA) is 69.3 Å². The van der Waals surface area contributed by atoms with Crippen LogP contribution < -0.4 is 0 Å². The van der Waals surface area contributed by atoms with Gasteiger partial charge < -0.3 is 14.8 Å². The van der Waals surface area contributed by atoms with E-state index < -0.39 is 0 Å². The molecule has 7 heteroatoms. The molecule has 0 radical (unpaired) electrons. The summed E-state index contributed by atoms with van der Waals surface area (Å²) in [6.45, 7) is 2.23. The maximum atomic E-state index is 12.7. The molecule has 0 atom stereocenters. The molecule has 0 bridgehead atoms. The highest BCUT2D eigenvalue weighted by Gasteiger charge is 2.26. The molecule has 122 valence electrons. The zero-order chi connectivity index (χ0) is 16.5. The van der Waals surface area contributed by atoms with E-state index in [1.54, 1.807) is 17.3 Å². The minimum Gasteiger partial charge on any atom is -0.345 e. The summed E-state index contributed by atoms with van der Waals surface area (Å²) in [6, 6.07) is 9.19. The van der Waals surface area contributed by atoms with Crippen molar-refractivity contribution in [3.63, 3.8) is 0 Å². The van der Waals surface area contributed by atoms with Crippen molar-refractivity contribution in [2.45, 2.75) is 0 Å². The highest BCUT2D eigenvalue weighted by molar-refractivity contribution is 7.12. The molecule has 4 rings (SSSR count). The summed E-state index contributed by atoms with van der Waals surface area (Å²) in [6.07, 6.45) is 1.62. The third-order valence-electron chi connectivity index (χ3n) is 4.25. The summed E-state index contributed by atoms with van der Waals surface area (Å²) in [4.78, 5) is 36.6. The summed E-state index contributed by atoms with van der Waals surface area (Å²) in [7, 11) is 0. The maximum Gasteiger partial charge on any atom is 0.264 e. The quantitative estimate of drug-likeness (QED) is 0.778. The van der Waals surface area contributed by atoms with Crippen molar-refractivity contribution in [3.8, 4) is 0 Å². The van der Waals surface area contributed by atoms with Crippen LogP contribution in [-0.2, 0) is 0 Å². The molecule has 0 saturated carbocycles. The molecule has 0 aliphatic carbocycles. The zero-order valence-corrected chi connectivity index (χ0v) is 13.8. The molecule has 6 nitrogen and oxygen atoms in total. The number of aromatic nitrogens is 2. The molecule has 1 fully saturated rings. The van der Waals surface area contributed by atoms with Crippen molar-refractivity contribution >= 4 is 34.2 Å². The van der Waals surface area contributed by atoms with Crippen LogP contribution in [-0.4, -0.2) is 57.8 Å². The Bertz CT molecular complexity index is 879. The van der Waals surface area contributed by atoms with Crippen LogP contribution in [0.2, 0.25) is 0 Å². The van der Waals surface area contributed by atoms with Crippen molar-refractivity contribution in [3.05, 3.63) is 52.5 Å². The van der Waals surface area contributed by atoms with Gasteiger partial charge in [-0.1, -0.05) is 6.07 Å². The van der Waals surface area contributed by atoms with Crippen LogP contribution in [0.5, 0.6) is 0 Å². The van der Waals surface area contributed by atoms with Gasteiger partial charge in [0.05, 0.1) is 22.2 Å². The third kappa shape index (κ3) is 2.67. The first-order valence-corrected chi connectivity index (χ1v) is 8.65. The van der Waals surface area contributed by atoms with Gasteiger partial charge in [-0.3, -0.25) is 9.59 Å². The Morgan fingerprint density at radius 3 is 2.50 bits per heavy atom. The second-order valence-electron chi connectivity index (χ2n) is 5.70. The van der Waals surface area contributed by atoms with Crippen molar-refractivity contribution in [2.75, 3.05) is 26.2 Å². The Kier molecular flexibility index (Phi) is 3.78. The van der Waals surface area contributed by atoms with Crippen molar-refractivity contribution < 1.29 is 9.59 Å². The van der Waals surface area contributed by atoms with E-state index in [1.807, 2.05) is 34.5 Å². The lowest BCUT2D eigenvalue weighted by atomic mass is 10.1. The summed E-state index contributed by atoms with van der Waals surface area (Å²) in [5, 5.41) is 1.90. The fourth-order valence-corrected chi connectivity index (χ4v) is 3.61. The van der Waals surface area contributed by atoms with Gasteiger partial charge in [-0.15, -0.1) is 11.3 Å². The first kappa shape index (κ1) is 14.9. The number of piperazine rings is 1. The Labute approximate surface area is 142 Å². The maximum absolute atomic E-state index is 12.7. The fraction of sp³-hybridized carbons (Fsp3) is 0.235. The number of thiophene rings is 1. The molecular formula is C17H16N4O2S. The Morgan fingerprint density at radius 1 is 1.04 bits per heavy atom. The van der Waals surface area contributed by atoms with Crippen LogP contribution in [0, 0.1) is 0 Å². The van der Waals surface area contributed by atoms with Crippen LogP contribution in [0.4, 0.5) is 0 Å². The number of nitrogens with zero attached hydrogens (tertiary/aromatic N) is 3. The second kappa shape index (κ2) is 6.09. The Morgan fingerprint density at radius 2 is 1.79 bits per heavy atom. The van der Waals surface area contributed by atoms with Gasteiger partial charge in [-0.05, 0) is 29.6 Å². The first-order chi connectivity index (χ1) is 11.7. The molecule has 2 amide bonds. The zero-order valence-electron chi connectivity index (χ0n) is 12.9. The summed E-state index contributed by atoms with van der Waals surface area (Å²) in [5.74, 6) is 0.0469. The van der Waals surface area contributed by atoms with Crippen molar-refractivity contribution in [1.29, 1.82) is 0 Å². The van der Waals surface area contributed by atoms with Crippen LogP contribution in [0.15, 0.2) is 42.0 Å². The van der Waals surface area contributed by atoms with Crippen molar-refractivity contribution in [2.24, 2.45) is 0 Å². The smallest absolute Gasteiger partial charge is 0.264 e. The third-order valence-corrected chi connectivity index (χ3v) is 5.11. The van der Waals surface area contributed by atoms with E-state index >= 15 is 0 Å². The second-order valence-corrected chi connectivity index (χ2v) is 6.64. The van der Waals surface area contributed by atoms with Crippen molar-refractivity contribution in [1.82, 2.24) is 19.8 Å². The van der Waals surface area contributed by atoms with E-state index in [9.17, 15) is 9.59 Å². The van der Waals surface area contributed by atoms with Gasteiger partial charge in [0.15, 0.2) is 0 Å². The lowest BCUT2D eigenvalue weighted by molar-refractivity contribution is 0.0538. The minimum absolute atomic E-state index is 0.00489. The molecule has 24 heavy (non-hydrogen) atoms. The largest absolute Gasteiger partial charge is 0.345 e. The van der Waals surface area contributed by atoms with E-state index in [0.717, 1.165) is 15.9 Å². The number of aromatic amines is 1. The summed E-state index contributed by atoms with van der Waals surface area (Å²) in [5.41, 5.74) is 2.34. The summed E-state index contributed by atoms with van der Waals surface area (Å²) < 4.78 is 0. The lowest BCUT2D eigenvalue weighted by Gasteiger charge is -2.34. The van der Waals surface area contributed by atoms with E-state index in [1.165, 1.54) is 11.3 Å². The van der Waals surface area contributed by atoms with Gasteiger partial charge in [0.2, 0.25) is 0 Å². The molecule has 0 spiro atoms. The highest BCUT2D eigenvalue weighted by Crippen LogP contribution is 2.17. The molecule has 3 aromatic rings. The molecule has 1 N–H and O–H groups in total. The predicted molar refractivity (Wildman–Crippen MR) is 92.2 cm³/mol. The van der Waals surface area contributed by atoms with Gasteiger partial charge in [0.1, 0.15) is 0 Å². The number of benzene rings is 1. The number of imidazole rings is 1. The van der Waals surface area contributed by atoms with Gasteiger partial charge in [0.25, 0.3) is 11.8 Å². The number of carbonyl (C=O) groups is 2. The minimum atomic E-state index is -0.00489. The predicted octanol–water partition coefficient (Wildman–Crippen LogP) is 2.22. The number of fused-ring (bicyclic) bond motifs is 1. The fourth-order valence-electron chi connectivity index (χ4n) is 2.92. The molecule has 1 aliphatic heterocycles. The van der Waals surface area contributed by atoms with Crippen LogP contribution in [0.25, 0.3) is 11.0 Å². The van der Waals surface area contributed by atoms with Gasteiger partial charge in [-0.25, -0.2) is 4.98 Å². The van der Waals surface area contributed by atoms with E-state index in [4.69, 9.17) is 0 Å². The standard InChI is InChI=1S/C17H16N4O2S/c22-16(12-3-4-13-14(10-12)19-11-18-13)20-5-7-21(8-6-20)17(23)15-2-1-9-24-15/h1-4,9-11H,5-8H2,(H,18,19). The average molecular weight is 340 g/mol. The van der Waals surface area contributed by atoms with E-state index in [-0.39, 0.29) is 11.8 Å². The number of amides is 2. The number of H-pyrrole nitrogens is 1. The molecule has 1 aromatic carbocycles. The molecule has 0 unspecified atom stereocenters. The lowest BCUT2D eigenvalue weighted by Crippen LogP contribution is -2.50. The Balaban J connectivity index is 1.43. The number of carbonyl (C=O) groups excluding carboxylic acids is 2. The van der Waals surface area contributed by atoms with Crippen LogP contribution >= 0.6 is 11.3 Å². The normalized spacial score (nSPS) is 15.0. The van der Waals surface area contributed by atoms with E-state index in [2.05, 4.69) is 9.97 Å². The van der Waals surface area contributed by atoms with E-state index in [0.29, 0.717) is 31.7 Å². The molecule has 3 heterocycles. The van der Waals surface area contributed by atoms with Crippen LogP contribution in [0.3, 0.4) is 0 Å². The molecule has 1 aliphatic rings. The Hall–Kier alpha value is -2.67. The summed E-state index contributed by atoms with van der Waals surface area (Å²) >= 11 is 1.45. The number of nitrogens with one attached hydrogen (secondary N) is 1. The number of hydrogen-bond acceptors (Lipinski definition) is 4. The number of hydrogen-bond donors (Lipinski definition) is 1. The molecule has 2 aromatic heterocycles. The highest BCUT2D eigenvalue weighted by atomic mass is 32.1.